The summed E-state index contributed by atoms with van der Waals surface area (Å²) in [5, 5.41) is 21.4. The highest BCUT2D eigenvalue weighted by Gasteiger charge is 2.33. The standard InChI is InChI=1S/C39H58ClN5O4S/c1-2-29-22-28(23-33(40)36(29)41)24-34(39(48)45-19-17-44(18-20-45)32-12-15-42-16-13-32)49-35(46)11-9-27-5-3-4-26(6-7-27)8-10-30-25-31-14-21-50-38(31)43-37(30)47/h14,21-23,26-27,30,32,34-35,42,46H,2-13,15-20,24-25,41H2,1H3,(H,43,47)/t26?,27?,30?,34-,35?/m1/s1. The summed E-state index contributed by atoms with van der Waals surface area (Å²) in [5.74, 6) is 1.39. The molecule has 5 N–H and O–H groups in total. The zero-order valence-electron chi connectivity index (χ0n) is 29.8. The third-order valence-electron chi connectivity index (χ3n) is 11.9. The van der Waals surface area contributed by atoms with Crippen LogP contribution < -0.4 is 16.4 Å². The Morgan fingerprint density at radius 3 is 2.54 bits per heavy atom. The number of fused-ring (bicyclic) bond motifs is 1. The molecule has 1 aromatic carbocycles. The largest absolute Gasteiger partial charge is 0.397 e. The number of hydrogen-bond donors (Lipinski definition) is 4. The molecular weight excluding hydrogens is 670 g/mol. The molecule has 1 aliphatic carbocycles. The van der Waals surface area contributed by atoms with Gasteiger partial charge in [0.05, 0.1) is 15.7 Å². The van der Waals surface area contributed by atoms with Crippen LogP contribution in [0.5, 0.6) is 0 Å². The Labute approximate surface area is 307 Å². The molecule has 4 unspecified atom stereocenters. The molecule has 4 heterocycles. The molecule has 5 atom stereocenters. The first kappa shape index (κ1) is 37.5. The molecular formula is C39H58ClN5O4S. The molecule has 1 saturated carbocycles. The van der Waals surface area contributed by atoms with Crippen LogP contribution in [-0.4, -0.2) is 84.4 Å². The van der Waals surface area contributed by atoms with Crippen LogP contribution in [0.4, 0.5) is 10.7 Å². The molecule has 9 nitrogen and oxygen atoms in total. The highest BCUT2D eigenvalue weighted by atomic mass is 35.5. The lowest BCUT2D eigenvalue weighted by molar-refractivity contribution is -0.172. The topological polar surface area (TPSA) is 120 Å². The van der Waals surface area contributed by atoms with Crippen molar-refractivity contribution < 1.29 is 19.4 Å². The summed E-state index contributed by atoms with van der Waals surface area (Å²) in [4.78, 5) is 31.2. The van der Waals surface area contributed by atoms with Gasteiger partial charge in [-0.15, -0.1) is 11.3 Å². The number of rotatable bonds is 13. The predicted molar refractivity (Wildman–Crippen MR) is 203 cm³/mol. The van der Waals surface area contributed by atoms with E-state index in [0.29, 0.717) is 54.5 Å². The van der Waals surface area contributed by atoms with E-state index in [4.69, 9.17) is 22.1 Å². The number of aryl methyl sites for hydroxylation is 1. The molecule has 2 amide bonds. The van der Waals surface area contributed by atoms with Gasteiger partial charge in [-0.2, -0.15) is 0 Å². The highest BCUT2D eigenvalue weighted by molar-refractivity contribution is 7.14. The predicted octanol–water partition coefficient (Wildman–Crippen LogP) is 6.26. The zero-order chi connectivity index (χ0) is 35.0. The summed E-state index contributed by atoms with van der Waals surface area (Å²) in [7, 11) is 0. The maximum atomic E-state index is 14.0. The number of anilines is 2. The molecule has 11 heteroatoms. The molecule has 3 fully saturated rings. The summed E-state index contributed by atoms with van der Waals surface area (Å²) < 4.78 is 6.27. The Hall–Kier alpha value is -2.21. The number of carbonyl (C=O) groups excluding carboxylic acids is 2. The van der Waals surface area contributed by atoms with Gasteiger partial charge in [-0.3, -0.25) is 14.5 Å². The molecule has 0 radical (unpaired) electrons. The lowest BCUT2D eigenvalue weighted by Gasteiger charge is -2.41. The number of aliphatic hydroxyl groups excluding tert-OH is 1. The van der Waals surface area contributed by atoms with Gasteiger partial charge in [0.2, 0.25) is 5.91 Å². The lowest BCUT2D eigenvalue weighted by Crippen LogP contribution is -2.56. The van der Waals surface area contributed by atoms with Crippen molar-refractivity contribution in [3.8, 4) is 0 Å². The van der Waals surface area contributed by atoms with Crippen molar-refractivity contribution >= 4 is 45.4 Å². The number of nitrogens with one attached hydrogen (secondary N) is 2. The number of thiophene rings is 1. The average molecular weight is 728 g/mol. The van der Waals surface area contributed by atoms with Gasteiger partial charge in [-0.1, -0.05) is 56.7 Å². The van der Waals surface area contributed by atoms with Crippen LogP contribution in [0.15, 0.2) is 23.6 Å². The van der Waals surface area contributed by atoms with Crippen LogP contribution in [0.3, 0.4) is 0 Å². The molecule has 50 heavy (non-hydrogen) atoms. The normalized spacial score (nSPS) is 25.1. The first-order valence-electron chi connectivity index (χ1n) is 19.3. The van der Waals surface area contributed by atoms with E-state index >= 15 is 0 Å². The van der Waals surface area contributed by atoms with Crippen molar-refractivity contribution in [3.05, 3.63) is 45.3 Å². The van der Waals surface area contributed by atoms with Crippen molar-refractivity contribution in [1.29, 1.82) is 0 Å². The van der Waals surface area contributed by atoms with Crippen molar-refractivity contribution in [2.45, 2.75) is 115 Å². The summed E-state index contributed by atoms with van der Waals surface area (Å²) in [6.45, 7) is 7.23. The molecule has 6 rings (SSSR count). The van der Waals surface area contributed by atoms with Gasteiger partial charge in [0.25, 0.3) is 5.91 Å². The Morgan fingerprint density at radius 1 is 1.06 bits per heavy atom. The van der Waals surface area contributed by atoms with Gasteiger partial charge in [-0.05, 0) is 110 Å². The van der Waals surface area contributed by atoms with Gasteiger partial charge in [0.15, 0.2) is 6.29 Å². The summed E-state index contributed by atoms with van der Waals surface area (Å²) in [5.41, 5.74) is 9.94. The molecule has 3 aliphatic heterocycles. The number of benzene rings is 1. The summed E-state index contributed by atoms with van der Waals surface area (Å²) in [6.07, 6.45) is 11.7. The first-order valence-corrected chi connectivity index (χ1v) is 20.5. The third-order valence-corrected chi connectivity index (χ3v) is 13.1. The number of piperazine rings is 1. The number of nitrogen functional groups attached to an aromatic ring is 1. The zero-order valence-corrected chi connectivity index (χ0v) is 31.4. The van der Waals surface area contributed by atoms with E-state index in [1.807, 2.05) is 24.0 Å². The fraction of sp³-hybridized carbons (Fsp3) is 0.692. The monoisotopic (exact) mass is 727 g/mol. The van der Waals surface area contributed by atoms with Crippen LogP contribution in [0.25, 0.3) is 0 Å². The highest BCUT2D eigenvalue weighted by Crippen LogP contribution is 2.37. The van der Waals surface area contributed by atoms with Crippen LogP contribution in [0.2, 0.25) is 5.02 Å². The van der Waals surface area contributed by atoms with Crippen molar-refractivity contribution in [1.82, 2.24) is 15.1 Å². The number of aliphatic hydroxyl groups is 1. The van der Waals surface area contributed by atoms with E-state index in [9.17, 15) is 14.7 Å². The SMILES string of the molecule is CCc1cc(C[C@@H](OC(O)CCC2CCCC(CCC3Cc4ccsc4NC3=O)CC2)C(=O)N2CCN(C3CCNCC3)CC2)cc(Cl)c1N. The van der Waals surface area contributed by atoms with E-state index in [1.54, 1.807) is 11.3 Å². The average Bonchev–Trinajstić information content (AvgIpc) is 3.46. The number of hydrogen-bond acceptors (Lipinski definition) is 8. The maximum Gasteiger partial charge on any atom is 0.252 e. The second kappa shape index (κ2) is 18.0. The van der Waals surface area contributed by atoms with Crippen LogP contribution in [0.1, 0.15) is 94.2 Å². The van der Waals surface area contributed by atoms with E-state index < -0.39 is 12.4 Å². The van der Waals surface area contributed by atoms with Gasteiger partial charge in [-0.25, -0.2) is 0 Å². The van der Waals surface area contributed by atoms with E-state index in [2.05, 4.69) is 27.0 Å². The number of piperidine rings is 1. The van der Waals surface area contributed by atoms with Gasteiger partial charge < -0.3 is 31.1 Å². The minimum atomic E-state index is -1.01. The Balaban J connectivity index is 1.00. The fourth-order valence-corrected chi connectivity index (χ4v) is 9.85. The van der Waals surface area contributed by atoms with E-state index in [-0.39, 0.29) is 17.7 Å². The van der Waals surface area contributed by atoms with Crippen LogP contribution in [0, 0.1) is 17.8 Å². The van der Waals surface area contributed by atoms with Crippen molar-refractivity contribution in [2.75, 3.05) is 50.3 Å². The Kier molecular flexibility index (Phi) is 13.5. The number of carbonyl (C=O) groups is 2. The Morgan fingerprint density at radius 2 is 1.80 bits per heavy atom. The smallest absolute Gasteiger partial charge is 0.252 e. The van der Waals surface area contributed by atoms with E-state index in [1.165, 1.54) is 24.8 Å². The summed E-state index contributed by atoms with van der Waals surface area (Å²) >= 11 is 8.12. The quantitative estimate of drug-likeness (QED) is 0.109. The summed E-state index contributed by atoms with van der Waals surface area (Å²) in [6, 6.07) is 6.59. The van der Waals surface area contributed by atoms with Crippen molar-refractivity contribution in [2.24, 2.45) is 17.8 Å². The van der Waals surface area contributed by atoms with Crippen LogP contribution >= 0.6 is 22.9 Å². The fourth-order valence-electron chi connectivity index (χ4n) is 8.75. The maximum absolute atomic E-state index is 14.0. The molecule has 4 aliphatic rings. The van der Waals surface area contributed by atoms with E-state index in [0.717, 1.165) is 100 Å². The number of halogens is 1. The lowest BCUT2D eigenvalue weighted by atomic mass is 9.86. The van der Waals surface area contributed by atoms with Crippen LogP contribution in [-0.2, 0) is 33.6 Å². The van der Waals surface area contributed by atoms with Gasteiger partial charge >= 0.3 is 0 Å². The Bertz CT molecular complexity index is 1430. The third kappa shape index (κ3) is 9.81. The molecule has 1 aromatic heterocycles. The van der Waals surface area contributed by atoms with Gasteiger partial charge in [0, 0.05) is 44.6 Å². The number of nitrogens with two attached hydrogens (primary N) is 1. The first-order chi connectivity index (χ1) is 24.3. The minimum Gasteiger partial charge on any atom is -0.397 e. The number of amides is 2. The second-order valence-corrected chi connectivity index (χ2v) is 16.5. The molecule has 0 spiro atoms. The number of ether oxygens (including phenoxy) is 1. The number of nitrogens with zero attached hydrogens (tertiary/aromatic N) is 2. The van der Waals surface area contributed by atoms with Crippen molar-refractivity contribution in [3.63, 3.8) is 0 Å². The minimum absolute atomic E-state index is 0.0563. The van der Waals surface area contributed by atoms with Gasteiger partial charge in [0.1, 0.15) is 6.10 Å². The molecule has 2 aromatic rings. The molecule has 0 bridgehead atoms. The molecule has 2 saturated heterocycles. The molecule has 276 valence electrons. The second-order valence-electron chi connectivity index (χ2n) is 15.2.